The molecule has 0 spiro atoms. The molecule has 5 heteroatoms. The fourth-order valence-corrected chi connectivity index (χ4v) is 2.18. The van der Waals surface area contributed by atoms with Crippen molar-refractivity contribution in [2.75, 3.05) is 6.54 Å². The number of hydrogen-bond donors (Lipinski definition) is 1. The van der Waals surface area contributed by atoms with Crippen LogP contribution in [0.5, 0.6) is 0 Å². The average Bonchev–Trinajstić information content (AvgIpc) is 2.86. The lowest BCUT2D eigenvalue weighted by Crippen LogP contribution is -2.30. The Morgan fingerprint density at radius 3 is 2.70 bits per heavy atom. The van der Waals surface area contributed by atoms with Crippen molar-refractivity contribution in [3.05, 3.63) is 54.1 Å². The Kier molecular flexibility index (Phi) is 4.90. The molecule has 1 aromatic carbocycles. The van der Waals surface area contributed by atoms with Gasteiger partial charge in [-0.2, -0.15) is 0 Å². The molecule has 0 radical (unpaired) electrons. The lowest BCUT2D eigenvalue weighted by Gasteiger charge is -2.20. The highest BCUT2D eigenvalue weighted by atomic mass is 16.4. The molecule has 0 amide bonds. The molecule has 0 atom stereocenters. The number of aryl methyl sites for hydroxylation is 1. The van der Waals surface area contributed by atoms with Crippen molar-refractivity contribution < 1.29 is 9.90 Å². The second-order valence-corrected chi connectivity index (χ2v) is 4.65. The lowest BCUT2D eigenvalue weighted by atomic mass is 10.2. The molecule has 1 N–H and O–H groups in total. The van der Waals surface area contributed by atoms with Gasteiger partial charge in [-0.05, 0) is 12.5 Å². The summed E-state index contributed by atoms with van der Waals surface area (Å²) in [5, 5.41) is 9.05. The third-order valence-corrected chi connectivity index (χ3v) is 3.12. The highest BCUT2D eigenvalue weighted by molar-refractivity contribution is 5.69. The van der Waals surface area contributed by atoms with Crippen LogP contribution in [0.2, 0.25) is 0 Å². The maximum Gasteiger partial charge on any atom is 0.317 e. The Hall–Kier alpha value is -2.14. The summed E-state index contributed by atoms with van der Waals surface area (Å²) in [6, 6.07) is 9.87. The number of nitrogens with zero attached hydrogens (tertiary/aromatic N) is 3. The molecule has 0 unspecified atom stereocenters. The van der Waals surface area contributed by atoms with Crippen LogP contribution in [0.15, 0.2) is 42.7 Å². The van der Waals surface area contributed by atoms with Gasteiger partial charge in [0.05, 0.1) is 13.1 Å². The molecule has 0 fully saturated rings. The van der Waals surface area contributed by atoms with Gasteiger partial charge in [-0.1, -0.05) is 30.3 Å². The normalized spacial score (nSPS) is 10.9. The van der Waals surface area contributed by atoms with Crippen LogP contribution in [0.1, 0.15) is 18.3 Å². The molecule has 5 nitrogen and oxygen atoms in total. The number of aromatic nitrogens is 2. The van der Waals surface area contributed by atoms with E-state index in [0.29, 0.717) is 13.1 Å². The van der Waals surface area contributed by atoms with Crippen LogP contribution in [0.25, 0.3) is 0 Å². The van der Waals surface area contributed by atoms with Gasteiger partial charge in [0.2, 0.25) is 0 Å². The van der Waals surface area contributed by atoms with Gasteiger partial charge >= 0.3 is 5.97 Å². The topological polar surface area (TPSA) is 58.4 Å². The highest BCUT2D eigenvalue weighted by Crippen LogP contribution is 2.09. The predicted molar refractivity (Wildman–Crippen MR) is 76.1 cm³/mol. The minimum Gasteiger partial charge on any atom is -0.480 e. The van der Waals surface area contributed by atoms with Crippen LogP contribution < -0.4 is 0 Å². The van der Waals surface area contributed by atoms with Crippen molar-refractivity contribution in [3.63, 3.8) is 0 Å². The van der Waals surface area contributed by atoms with E-state index in [4.69, 9.17) is 5.11 Å². The zero-order chi connectivity index (χ0) is 14.4. The Morgan fingerprint density at radius 2 is 2.05 bits per heavy atom. The summed E-state index contributed by atoms with van der Waals surface area (Å²) < 4.78 is 2.03. The number of rotatable bonds is 7. The van der Waals surface area contributed by atoms with Gasteiger partial charge in [0, 0.05) is 25.5 Å². The molecule has 2 rings (SSSR count). The molecular formula is C15H19N3O2. The Bertz CT molecular complexity index is 551. The standard InChI is InChI=1S/C15H19N3O2/c1-2-18-9-8-16-14(18)11-17(12-15(19)20)10-13-6-4-3-5-7-13/h3-9H,2,10-12H2,1H3,(H,19,20). The summed E-state index contributed by atoms with van der Waals surface area (Å²) in [5.41, 5.74) is 1.10. The molecule has 0 bridgehead atoms. The Balaban J connectivity index is 2.09. The average molecular weight is 273 g/mol. The SMILES string of the molecule is CCn1ccnc1CN(CC(=O)O)Cc1ccccc1. The van der Waals surface area contributed by atoms with Crippen LogP contribution >= 0.6 is 0 Å². The van der Waals surface area contributed by atoms with Gasteiger partial charge in [0.15, 0.2) is 0 Å². The van der Waals surface area contributed by atoms with E-state index in [-0.39, 0.29) is 6.54 Å². The van der Waals surface area contributed by atoms with Gasteiger partial charge < -0.3 is 9.67 Å². The monoisotopic (exact) mass is 273 g/mol. The van der Waals surface area contributed by atoms with Crippen LogP contribution in [0.3, 0.4) is 0 Å². The number of aliphatic carboxylic acids is 1. The van der Waals surface area contributed by atoms with Crippen molar-refractivity contribution in [2.24, 2.45) is 0 Å². The maximum atomic E-state index is 11.0. The van der Waals surface area contributed by atoms with Crippen LogP contribution in [-0.2, 0) is 24.4 Å². The van der Waals surface area contributed by atoms with E-state index < -0.39 is 5.97 Å². The maximum absolute atomic E-state index is 11.0. The van der Waals surface area contributed by atoms with Crippen LogP contribution in [0, 0.1) is 0 Å². The third kappa shape index (κ3) is 3.93. The van der Waals surface area contributed by atoms with E-state index in [1.54, 1.807) is 6.20 Å². The molecule has 20 heavy (non-hydrogen) atoms. The Morgan fingerprint density at radius 1 is 1.30 bits per heavy atom. The van der Waals surface area contributed by atoms with Crippen molar-refractivity contribution in [3.8, 4) is 0 Å². The summed E-state index contributed by atoms with van der Waals surface area (Å²) in [6.07, 6.45) is 3.66. The first-order chi connectivity index (χ1) is 9.69. The van der Waals surface area contributed by atoms with E-state index in [1.807, 2.05) is 52.9 Å². The van der Waals surface area contributed by atoms with E-state index in [9.17, 15) is 4.79 Å². The first-order valence-corrected chi connectivity index (χ1v) is 6.67. The number of carboxylic acids is 1. The zero-order valence-electron chi connectivity index (χ0n) is 11.6. The molecule has 0 saturated heterocycles. The minimum absolute atomic E-state index is 0.00543. The van der Waals surface area contributed by atoms with Gasteiger partial charge in [-0.25, -0.2) is 4.98 Å². The number of hydrogen-bond acceptors (Lipinski definition) is 3. The quantitative estimate of drug-likeness (QED) is 0.838. The fourth-order valence-electron chi connectivity index (χ4n) is 2.18. The van der Waals surface area contributed by atoms with Gasteiger partial charge in [-0.3, -0.25) is 9.69 Å². The van der Waals surface area contributed by atoms with Gasteiger partial charge in [0.1, 0.15) is 5.82 Å². The summed E-state index contributed by atoms with van der Waals surface area (Å²) in [7, 11) is 0. The summed E-state index contributed by atoms with van der Waals surface area (Å²) in [5.74, 6) is 0.0696. The van der Waals surface area contributed by atoms with Gasteiger partial charge in [-0.15, -0.1) is 0 Å². The fraction of sp³-hybridized carbons (Fsp3) is 0.333. The third-order valence-electron chi connectivity index (χ3n) is 3.12. The van der Waals surface area contributed by atoms with Crippen molar-refractivity contribution in [1.82, 2.24) is 14.5 Å². The summed E-state index contributed by atoms with van der Waals surface area (Å²) >= 11 is 0. The molecule has 106 valence electrons. The van der Waals surface area contributed by atoms with Crippen LogP contribution in [0.4, 0.5) is 0 Å². The molecule has 1 heterocycles. The molecule has 0 aliphatic rings. The number of carboxylic acid groups (broad SMARTS) is 1. The number of benzene rings is 1. The molecule has 0 saturated carbocycles. The van der Waals surface area contributed by atoms with Crippen LogP contribution in [-0.4, -0.2) is 32.1 Å². The first kappa shape index (κ1) is 14.3. The summed E-state index contributed by atoms with van der Waals surface area (Å²) in [4.78, 5) is 17.2. The van der Waals surface area contributed by atoms with Crippen molar-refractivity contribution in [1.29, 1.82) is 0 Å². The van der Waals surface area contributed by atoms with Crippen molar-refractivity contribution >= 4 is 5.97 Å². The largest absolute Gasteiger partial charge is 0.480 e. The van der Waals surface area contributed by atoms with Gasteiger partial charge in [0.25, 0.3) is 0 Å². The molecule has 1 aromatic heterocycles. The molecule has 0 aliphatic heterocycles. The Labute approximate surface area is 118 Å². The van der Waals surface area contributed by atoms with Crippen molar-refractivity contribution in [2.45, 2.75) is 26.6 Å². The molecular weight excluding hydrogens is 254 g/mol. The predicted octanol–water partition coefficient (Wildman–Crippen LogP) is 1.99. The molecule has 2 aromatic rings. The zero-order valence-corrected chi connectivity index (χ0v) is 11.6. The lowest BCUT2D eigenvalue weighted by molar-refractivity contribution is -0.138. The minimum atomic E-state index is -0.824. The second kappa shape index (κ2) is 6.86. The molecule has 0 aliphatic carbocycles. The van der Waals surface area contributed by atoms with E-state index >= 15 is 0 Å². The van der Waals surface area contributed by atoms with E-state index in [2.05, 4.69) is 4.98 Å². The second-order valence-electron chi connectivity index (χ2n) is 4.65. The number of carbonyl (C=O) groups is 1. The highest BCUT2D eigenvalue weighted by Gasteiger charge is 2.13. The van der Waals surface area contributed by atoms with E-state index in [1.165, 1.54) is 0 Å². The number of imidazole rings is 1. The summed E-state index contributed by atoms with van der Waals surface area (Å²) in [6.45, 7) is 4.02. The first-order valence-electron chi connectivity index (χ1n) is 6.67. The smallest absolute Gasteiger partial charge is 0.317 e. The van der Waals surface area contributed by atoms with E-state index in [0.717, 1.165) is 17.9 Å².